The molecule has 266 valence electrons. The van der Waals surface area contributed by atoms with Crippen LogP contribution in [0.4, 0.5) is 25.0 Å². The van der Waals surface area contributed by atoms with Crippen LogP contribution in [0.5, 0.6) is 0 Å². The average Bonchev–Trinajstić information content (AvgIpc) is 3.56. The quantitative estimate of drug-likeness (QED) is 0.155. The standard InChI is InChI=1S/C35H46F2N6O6/c1-35(2,3)49-34(48)39-25-20-42(41-29(25)30(36)37)22-15-13-21(14-16-22)10-7-5-4-6-8-19-38-24-12-9-11-23-28(24)33(47)43(32(23)46)26-17-18-27(44)40-31(26)45/h9,11-12,20-22,26,30,38H,4-8,10,13-19H2,1-3H3,(H,39,48)(H,40,44,45)/t21-,22-,26?. The number of hydrogen-bond donors (Lipinski definition) is 3. The Labute approximate surface area is 284 Å². The van der Waals surface area contributed by atoms with Gasteiger partial charge in [0.1, 0.15) is 11.6 Å². The van der Waals surface area contributed by atoms with E-state index in [-0.39, 0.29) is 35.7 Å². The third-order valence-electron chi connectivity index (χ3n) is 9.37. The fourth-order valence-electron chi connectivity index (χ4n) is 6.94. The molecule has 5 amide bonds. The maximum absolute atomic E-state index is 13.7. The number of anilines is 2. The van der Waals surface area contributed by atoms with Crippen LogP contribution < -0.4 is 16.0 Å². The first-order chi connectivity index (χ1) is 23.3. The molecule has 1 aromatic carbocycles. The maximum atomic E-state index is 13.7. The van der Waals surface area contributed by atoms with Crippen molar-refractivity contribution in [3.63, 3.8) is 0 Å². The van der Waals surface area contributed by atoms with E-state index in [0.717, 1.165) is 69.1 Å². The van der Waals surface area contributed by atoms with Gasteiger partial charge in [0.25, 0.3) is 18.2 Å². The molecule has 0 radical (unpaired) electrons. The van der Waals surface area contributed by atoms with Gasteiger partial charge in [0.05, 0.1) is 22.9 Å². The molecule has 1 aromatic heterocycles. The minimum atomic E-state index is -2.81. The number of carbonyl (C=O) groups excluding carboxylic acids is 5. The number of benzene rings is 1. The Morgan fingerprint density at radius 3 is 2.39 bits per heavy atom. The Hall–Kier alpha value is -4.36. The second kappa shape index (κ2) is 15.5. The van der Waals surface area contributed by atoms with Crippen molar-refractivity contribution in [2.75, 3.05) is 17.2 Å². The Kier molecular flexibility index (Phi) is 11.3. The van der Waals surface area contributed by atoms with Gasteiger partial charge >= 0.3 is 6.09 Å². The van der Waals surface area contributed by atoms with Crippen LogP contribution in [0.1, 0.15) is 137 Å². The summed E-state index contributed by atoms with van der Waals surface area (Å²) in [4.78, 5) is 63.3. The van der Waals surface area contributed by atoms with E-state index in [1.807, 2.05) is 0 Å². The first-order valence-corrected chi connectivity index (χ1v) is 17.3. The van der Waals surface area contributed by atoms with Crippen molar-refractivity contribution in [2.45, 2.75) is 122 Å². The summed E-state index contributed by atoms with van der Waals surface area (Å²) in [5.74, 6) is -1.49. The summed E-state index contributed by atoms with van der Waals surface area (Å²) < 4.78 is 34.1. The van der Waals surface area contributed by atoms with Crippen molar-refractivity contribution in [1.29, 1.82) is 0 Å². The van der Waals surface area contributed by atoms with Crippen LogP contribution in [0, 0.1) is 5.92 Å². The number of amides is 5. The van der Waals surface area contributed by atoms with Gasteiger partial charge in [-0.15, -0.1) is 0 Å². The monoisotopic (exact) mass is 684 g/mol. The molecule has 2 aromatic rings. The molecule has 5 rings (SSSR count). The molecule has 14 heteroatoms. The number of unbranched alkanes of at least 4 members (excludes halogenated alkanes) is 4. The van der Waals surface area contributed by atoms with E-state index in [0.29, 0.717) is 18.2 Å². The number of halogens is 2. The molecule has 12 nitrogen and oxygen atoms in total. The summed E-state index contributed by atoms with van der Waals surface area (Å²) in [6, 6.07) is 4.08. The van der Waals surface area contributed by atoms with Crippen LogP contribution >= 0.6 is 0 Å². The van der Waals surface area contributed by atoms with Crippen molar-refractivity contribution in [2.24, 2.45) is 5.92 Å². The van der Waals surface area contributed by atoms with Crippen LogP contribution in [0.25, 0.3) is 0 Å². The van der Waals surface area contributed by atoms with Crippen LogP contribution in [-0.2, 0) is 14.3 Å². The maximum Gasteiger partial charge on any atom is 0.412 e. The highest BCUT2D eigenvalue weighted by atomic mass is 19.3. The van der Waals surface area contributed by atoms with Gasteiger partial charge in [-0.2, -0.15) is 5.10 Å². The molecular formula is C35H46F2N6O6. The summed E-state index contributed by atoms with van der Waals surface area (Å²) >= 11 is 0. The van der Waals surface area contributed by atoms with E-state index >= 15 is 0 Å². The molecule has 3 N–H and O–H groups in total. The van der Waals surface area contributed by atoms with Crippen molar-refractivity contribution >= 4 is 41.1 Å². The lowest BCUT2D eigenvalue weighted by Gasteiger charge is -2.28. The molecule has 1 saturated carbocycles. The zero-order chi connectivity index (χ0) is 35.3. The normalized spacial score (nSPS) is 21.2. The number of carbonyl (C=O) groups is 5. The van der Waals surface area contributed by atoms with E-state index in [9.17, 15) is 32.8 Å². The molecule has 1 saturated heterocycles. The van der Waals surface area contributed by atoms with Gasteiger partial charge in [0.15, 0.2) is 5.69 Å². The molecule has 3 heterocycles. The third-order valence-corrected chi connectivity index (χ3v) is 9.37. The summed E-state index contributed by atoms with van der Waals surface area (Å²) in [6.07, 6.45) is 8.07. The van der Waals surface area contributed by atoms with E-state index in [1.165, 1.54) is 6.20 Å². The number of rotatable bonds is 13. The number of fused-ring (bicyclic) bond motifs is 1. The lowest BCUT2D eigenvalue weighted by Crippen LogP contribution is -2.54. The zero-order valence-electron chi connectivity index (χ0n) is 28.4. The van der Waals surface area contributed by atoms with Gasteiger partial charge in [-0.25, -0.2) is 13.6 Å². The van der Waals surface area contributed by atoms with Crippen LogP contribution in [-0.4, -0.2) is 62.6 Å². The fourth-order valence-corrected chi connectivity index (χ4v) is 6.94. The van der Waals surface area contributed by atoms with Crippen LogP contribution in [0.3, 0.4) is 0 Å². The summed E-state index contributed by atoms with van der Waals surface area (Å²) in [6.45, 7) is 5.75. The molecule has 1 unspecified atom stereocenters. The third kappa shape index (κ3) is 8.82. The molecule has 2 fully saturated rings. The molecular weight excluding hydrogens is 638 g/mol. The van der Waals surface area contributed by atoms with E-state index in [4.69, 9.17) is 4.74 Å². The van der Waals surface area contributed by atoms with Crippen molar-refractivity contribution in [1.82, 2.24) is 20.0 Å². The highest BCUT2D eigenvalue weighted by molar-refractivity contribution is 6.25. The predicted octanol–water partition coefficient (Wildman–Crippen LogP) is 6.75. The van der Waals surface area contributed by atoms with E-state index in [1.54, 1.807) is 43.7 Å². The smallest absolute Gasteiger partial charge is 0.412 e. The molecule has 0 bridgehead atoms. The van der Waals surface area contributed by atoms with Gasteiger partial charge in [-0.1, -0.05) is 38.2 Å². The van der Waals surface area contributed by atoms with Gasteiger partial charge in [-0.05, 0) is 77.3 Å². The molecule has 3 aliphatic rings. The van der Waals surface area contributed by atoms with Crippen molar-refractivity contribution in [3.05, 3.63) is 41.2 Å². The largest absolute Gasteiger partial charge is 0.444 e. The summed E-state index contributed by atoms with van der Waals surface area (Å²) in [5, 5.41) is 12.1. The Morgan fingerprint density at radius 1 is 0.980 bits per heavy atom. The summed E-state index contributed by atoms with van der Waals surface area (Å²) in [5.41, 5.74) is -0.118. The van der Waals surface area contributed by atoms with Crippen molar-refractivity contribution < 1.29 is 37.5 Å². The Balaban J connectivity index is 0.992. The Bertz CT molecular complexity index is 1560. The lowest BCUT2D eigenvalue weighted by atomic mass is 9.83. The van der Waals surface area contributed by atoms with Crippen LogP contribution in [0.15, 0.2) is 24.4 Å². The SMILES string of the molecule is CC(C)(C)OC(=O)Nc1cn([C@H]2CC[C@H](CCCCCCCNc3cccc4c3C(=O)N(C3CCC(=O)NC3=O)C4=O)CC2)nc1C(F)F. The molecule has 49 heavy (non-hydrogen) atoms. The minimum absolute atomic E-state index is 0.00944. The average molecular weight is 685 g/mol. The highest BCUT2D eigenvalue weighted by Gasteiger charge is 2.45. The van der Waals surface area contributed by atoms with E-state index < -0.39 is 53.5 Å². The van der Waals surface area contributed by atoms with Crippen LogP contribution in [0.2, 0.25) is 0 Å². The van der Waals surface area contributed by atoms with Gasteiger partial charge < -0.3 is 10.1 Å². The van der Waals surface area contributed by atoms with Gasteiger partial charge in [0.2, 0.25) is 11.8 Å². The van der Waals surface area contributed by atoms with E-state index in [2.05, 4.69) is 21.0 Å². The predicted molar refractivity (Wildman–Crippen MR) is 177 cm³/mol. The number of alkyl halides is 2. The molecule has 0 spiro atoms. The minimum Gasteiger partial charge on any atom is -0.444 e. The first-order valence-electron chi connectivity index (χ1n) is 17.3. The number of nitrogens with one attached hydrogen (secondary N) is 3. The van der Waals surface area contributed by atoms with Crippen molar-refractivity contribution in [3.8, 4) is 0 Å². The molecule has 1 aliphatic carbocycles. The second-order valence-corrected chi connectivity index (χ2v) is 14.2. The number of ether oxygens (including phenoxy) is 1. The first kappa shape index (κ1) is 35.9. The topological polar surface area (TPSA) is 152 Å². The molecule has 1 atom stereocenters. The summed E-state index contributed by atoms with van der Waals surface area (Å²) in [7, 11) is 0. The fraction of sp³-hybridized carbons (Fsp3) is 0.600. The number of piperidine rings is 1. The number of hydrogen-bond acceptors (Lipinski definition) is 8. The van der Waals surface area contributed by atoms with Gasteiger partial charge in [-0.3, -0.25) is 39.4 Å². The lowest BCUT2D eigenvalue weighted by molar-refractivity contribution is -0.136. The highest BCUT2D eigenvalue weighted by Crippen LogP contribution is 2.37. The number of nitrogens with zero attached hydrogens (tertiary/aromatic N) is 3. The number of aromatic nitrogens is 2. The molecule has 2 aliphatic heterocycles. The number of imide groups is 2. The van der Waals surface area contributed by atoms with Gasteiger partial charge in [0, 0.05) is 24.8 Å². The second-order valence-electron chi connectivity index (χ2n) is 14.2. The zero-order valence-corrected chi connectivity index (χ0v) is 28.4. The Morgan fingerprint density at radius 2 is 1.69 bits per heavy atom.